The van der Waals surface area contributed by atoms with Crippen molar-refractivity contribution in [3.63, 3.8) is 0 Å². The minimum atomic E-state index is -2.91. The first-order chi connectivity index (χ1) is 6.45. The summed E-state index contributed by atoms with van der Waals surface area (Å²) >= 11 is 0. The Kier molecular flexibility index (Phi) is 7.08. The van der Waals surface area contributed by atoms with Crippen LogP contribution in [0, 0.1) is 0 Å². The third kappa shape index (κ3) is 9.91. The molecule has 14 heavy (non-hydrogen) atoms. The number of aliphatic hydroxyl groups excluding tert-OH is 1. The van der Waals surface area contributed by atoms with Gasteiger partial charge in [0.1, 0.15) is 9.84 Å². The molecule has 5 nitrogen and oxygen atoms in total. The van der Waals surface area contributed by atoms with E-state index in [4.69, 9.17) is 9.84 Å². The van der Waals surface area contributed by atoms with Crippen molar-refractivity contribution in [2.24, 2.45) is 0 Å². The molecule has 2 N–H and O–H groups in total. The second-order valence-electron chi connectivity index (χ2n) is 3.28. The number of rotatable bonds is 8. The maximum Gasteiger partial charge on any atom is 0.148 e. The highest BCUT2D eigenvalue weighted by molar-refractivity contribution is 7.90. The van der Waals surface area contributed by atoms with Crippen LogP contribution in [0.3, 0.4) is 0 Å². The largest absolute Gasteiger partial charge is 0.394 e. The summed E-state index contributed by atoms with van der Waals surface area (Å²) in [5.74, 6) is 0.132. The molecule has 0 aliphatic rings. The molecule has 0 radical (unpaired) electrons. The molecule has 0 rings (SSSR count). The smallest absolute Gasteiger partial charge is 0.148 e. The van der Waals surface area contributed by atoms with E-state index in [0.29, 0.717) is 19.8 Å². The molecule has 86 valence electrons. The van der Waals surface area contributed by atoms with Crippen LogP contribution in [0.15, 0.2) is 0 Å². The van der Waals surface area contributed by atoms with Gasteiger partial charge in [0.25, 0.3) is 0 Å². The van der Waals surface area contributed by atoms with Gasteiger partial charge in [-0.2, -0.15) is 0 Å². The molecule has 0 saturated heterocycles. The maximum atomic E-state index is 10.9. The number of aliphatic hydroxyl groups is 1. The Balaban J connectivity index is 3.41. The topological polar surface area (TPSA) is 75.6 Å². The van der Waals surface area contributed by atoms with Gasteiger partial charge in [-0.05, 0) is 6.92 Å². The molecule has 0 aromatic heterocycles. The molecule has 0 aromatic carbocycles. The summed E-state index contributed by atoms with van der Waals surface area (Å²) in [5.41, 5.74) is 0. The normalized spacial score (nSPS) is 14.2. The van der Waals surface area contributed by atoms with E-state index in [1.807, 2.05) is 6.92 Å². The van der Waals surface area contributed by atoms with Crippen molar-refractivity contribution in [2.45, 2.75) is 13.0 Å². The Morgan fingerprint density at radius 2 is 2.07 bits per heavy atom. The lowest BCUT2D eigenvalue weighted by Crippen LogP contribution is -2.35. The van der Waals surface area contributed by atoms with Crippen LogP contribution < -0.4 is 5.32 Å². The van der Waals surface area contributed by atoms with Crippen LogP contribution in [0.1, 0.15) is 6.92 Å². The molecule has 6 heteroatoms. The van der Waals surface area contributed by atoms with E-state index in [2.05, 4.69) is 5.32 Å². The Hall–Kier alpha value is -0.170. The zero-order chi connectivity index (χ0) is 11.0. The van der Waals surface area contributed by atoms with Crippen molar-refractivity contribution >= 4 is 9.84 Å². The summed E-state index contributed by atoms with van der Waals surface area (Å²) in [7, 11) is -2.91. The van der Waals surface area contributed by atoms with E-state index in [9.17, 15) is 8.42 Å². The average molecular weight is 225 g/mol. The lowest BCUT2D eigenvalue weighted by Gasteiger charge is -2.12. The van der Waals surface area contributed by atoms with E-state index in [-0.39, 0.29) is 18.4 Å². The van der Waals surface area contributed by atoms with Gasteiger partial charge >= 0.3 is 0 Å². The summed E-state index contributed by atoms with van der Waals surface area (Å²) in [6, 6.07) is -0.0669. The number of hydrogen-bond acceptors (Lipinski definition) is 5. The Bertz CT molecular complexity index is 227. The van der Waals surface area contributed by atoms with Gasteiger partial charge in [-0.1, -0.05) is 0 Å². The molecule has 0 bridgehead atoms. The van der Waals surface area contributed by atoms with Crippen molar-refractivity contribution in [1.82, 2.24) is 5.32 Å². The molecule has 0 aliphatic carbocycles. The van der Waals surface area contributed by atoms with Crippen molar-refractivity contribution in [1.29, 1.82) is 0 Å². The number of ether oxygens (including phenoxy) is 1. The minimum Gasteiger partial charge on any atom is -0.394 e. The molecule has 0 aliphatic heterocycles. The second-order valence-corrected chi connectivity index (χ2v) is 5.47. The van der Waals surface area contributed by atoms with E-state index in [1.165, 1.54) is 6.26 Å². The van der Waals surface area contributed by atoms with E-state index >= 15 is 0 Å². The highest BCUT2D eigenvalue weighted by Crippen LogP contribution is 1.89. The van der Waals surface area contributed by atoms with Gasteiger partial charge in [-0.25, -0.2) is 8.42 Å². The van der Waals surface area contributed by atoms with Crippen LogP contribution in [0.2, 0.25) is 0 Å². The van der Waals surface area contributed by atoms with Gasteiger partial charge in [0.2, 0.25) is 0 Å². The molecule has 1 unspecified atom stereocenters. The fraction of sp³-hybridized carbons (Fsp3) is 1.00. The van der Waals surface area contributed by atoms with Crippen LogP contribution in [0.25, 0.3) is 0 Å². The molecule has 0 spiro atoms. The van der Waals surface area contributed by atoms with E-state index < -0.39 is 9.84 Å². The molecule has 1 atom stereocenters. The second kappa shape index (κ2) is 7.17. The summed E-state index contributed by atoms with van der Waals surface area (Å²) in [5, 5.41) is 11.4. The van der Waals surface area contributed by atoms with Crippen LogP contribution in [-0.4, -0.2) is 57.9 Å². The molecule has 0 saturated carbocycles. The summed E-state index contributed by atoms with van der Waals surface area (Å²) in [6.07, 6.45) is 1.22. The van der Waals surface area contributed by atoms with E-state index in [1.54, 1.807) is 0 Å². The lowest BCUT2D eigenvalue weighted by molar-refractivity contribution is 0.0931. The third-order valence-electron chi connectivity index (χ3n) is 1.53. The number of hydrogen-bond donors (Lipinski definition) is 2. The summed E-state index contributed by atoms with van der Waals surface area (Å²) in [6.45, 7) is 3.22. The zero-order valence-corrected chi connectivity index (χ0v) is 9.51. The first kappa shape index (κ1) is 13.8. The monoisotopic (exact) mass is 225 g/mol. The molecule has 0 fully saturated rings. The molecular weight excluding hydrogens is 206 g/mol. The summed E-state index contributed by atoms with van der Waals surface area (Å²) in [4.78, 5) is 0. The van der Waals surface area contributed by atoms with Gasteiger partial charge in [-0.15, -0.1) is 0 Å². The van der Waals surface area contributed by atoms with Crippen molar-refractivity contribution in [3.05, 3.63) is 0 Å². The fourth-order valence-electron chi connectivity index (χ4n) is 1.06. The molecule has 0 amide bonds. The van der Waals surface area contributed by atoms with Gasteiger partial charge in [0.15, 0.2) is 0 Å². The van der Waals surface area contributed by atoms with Crippen molar-refractivity contribution < 1.29 is 18.3 Å². The highest BCUT2D eigenvalue weighted by Gasteiger charge is 2.08. The number of nitrogens with one attached hydrogen (secondary N) is 1. The Morgan fingerprint density at radius 1 is 1.43 bits per heavy atom. The van der Waals surface area contributed by atoms with Gasteiger partial charge in [0, 0.05) is 18.8 Å². The Morgan fingerprint density at radius 3 is 2.57 bits per heavy atom. The molecule has 0 aromatic rings. The van der Waals surface area contributed by atoms with Crippen molar-refractivity contribution in [2.75, 3.05) is 38.4 Å². The van der Waals surface area contributed by atoms with Gasteiger partial charge < -0.3 is 15.2 Å². The van der Waals surface area contributed by atoms with E-state index in [0.717, 1.165) is 0 Å². The van der Waals surface area contributed by atoms with Gasteiger partial charge in [-0.3, -0.25) is 0 Å². The standard InChI is InChI=1S/C8H19NO4S/c1-8(7-14(2,11)12)9-3-5-13-6-4-10/h8-10H,3-7H2,1-2H3. The zero-order valence-electron chi connectivity index (χ0n) is 8.69. The maximum absolute atomic E-state index is 10.9. The van der Waals surface area contributed by atoms with Gasteiger partial charge in [0.05, 0.1) is 25.6 Å². The van der Waals surface area contributed by atoms with Crippen molar-refractivity contribution in [3.8, 4) is 0 Å². The van der Waals surface area contributed by atoms with Crippen LogP contribution in [0.5, 0.6) is 0 Å². The predicted molar refractivity (Wildman–Crippen MR) is 55.1 cm³/mol. The SMILES string of the molecule is CC(CS(C)(=O)=O)NCCOCCO. The van der Waals surface area contributed by atoms with Crippen LogP contribution in [0.4, 0.5) is 0 Å². The highest BCUT2D eigenvalue weighted by atomic mass is 32.2. The van der Waals surface area contributed by atoms with Crippen LogP contribution in [-0.2, 0) is 14.6 Å². The average Bonchev–Trinajstić information content (AvgIpc) is 2.00. The quantitative estimate of drug-likeness (QED) is 0.519. The first-order valence-electron chi connectivity index (χ1n) is 4.55. The first-order valence-corrected chi connectivity index (χ1v) is 6.61. The molecular formula is C8H19NO4S. The minimum absolute atomic E-state index is 0.0128. The fourth-order valence-corrected chi connectivity index (χ4v) is 2.08. The lowest BCUT2D eigenvalue weighted by atomic mass is 10.4. The third-order valence-corrected chi connectivity index (χ3v) is 2.63. The molecule has 0 heterocycles. The predicted octanol–water partition coefficient (Wildman–Crippen LogP) is -0.982. The Labute approximate surface area is 85.4 Å². The number of sulfone groups is 1. The summed E-state index contributed by atoms with van der Waals surface area (Å²) < 4.78 is 26.7. The van der Waals surface area contributed by atoms with Crippen LogP contribution >= 0.6 is 0 Å².